The predicted molar refractivity (Wildman–Crippen MR) is 78.9 cm³/mol. The maximum absolute atomic E-state index is 13.7. The van der Waals surface area contributed by atoms with Crippen LogP contribution in [0, 0.1) is 5.82 Å². The average molecular weight is 387 g/mol. The molecule has 0 aliphatic rings. The highest BCUT2D eigenvalue weighted by atomic mass is 79.9. The highest BCUT2D eigenvalue weighted by Gasteiger charge is 2.19. The van der Waals surface area contributed by atoms with E-state index < -0.39 is 32.3 Å². The second-order valence-electron chi connectivity index (χ2n) is 4.39. The van der Waals surface area contributed by atoms with Gasteiger partial charge >= 0.3 is 0 Å². The van der Waals surface area contributed by atoms with Gasteiger partial charge in [0.25, 0.3) is 0 Å². The molecule has 2 rings (SSSR count). The third kappa shape index (κ3) is 3.90. The third-order valence-corrected chi connectivity index (χ3v) is 4.72. The number of benzene rings is 2. The fraction of sp³-hybridized carbons (Fsp3) is 0.0714. The van der Waals surface area contributed by atoms with Crippen LogP contribution in [-0.4, -0.2) is 14.4 Å². The molecule has 1 N–H and O–H groups in total. The molecule has 0 spiro atoms. The number of carboxylic acids is 1. The number of carboxylic acid groups (broad SMARTS) is 1. The van der Waals surface area contributed by atoms with Gasteiger partial charge in [0.15, 0.2) is 0 Å². The molecule has 0 aliphatic heterocycles. The monoisotopic (exact) mass is 386 g/mol. The first kappa shape index (κ1) is 16.6. The van der Waals surface area contributed by atoms with Crippen molar-refractivity contribution in [2.75, 3.05) is 0 Å². The molecule has 0 fully saturated rings. The first-order valence-corrected chi connectivity index (χ1v) is 8.32. The van der Waals surface area contributed by atoms with Crippen LogP contribution in [0.4, 0.5) is 4.39 Å². The van der Waals surface area contributed by atoms with Gasteiger partial charge in [-0.3, -0.25) is 0 Å². The fourth-order valence-corrected chi connectivity index (χ4v) is 3.31. The number of aromatic carboxylic acids is 1. The van der Waals surface area contributed by atoms with Gasteiger partial charge in [0.2, 0.25) is 10.0 Å². The van der Waals surface area contributed by atoms with Crippen LogP contribution in [-0.2, 0) is 16.6 Å². The Balaban J connectivity index is 2.27. The Bertz CT molecular complexity index is 823. The molecule has 0 aromatic heterocycles. The maximum Gasteiger partial charge on any atom is 0.243 e. The molecule has 0 aliphatic carbocycles. The summed E-state index contributed by atoms with van der Waals surface area (Å²) in [7, 11) is -4.19. The standard InChI is InChI=1S/C14H11BrFNO4S/c15-11-3-1-2-9(6-11)8-17-22(20,21)13-7-10(14(18)19)4-5-12(13)16/h1-7,17H,8H2,(H,18,19)/p-1. The molecule has 0 heterocycles. The molecule has 0 unspecified atom stereocenters. The lowest BCUT2D eigenvalue weighted by Crippen LogP contribution is -2.26. The van der Waals surface area contributed by atoms with Crippen LogP contribution >= 0.6 is 15.9 Å². The van der Waals surface area contributed by atoms with E-state index in [-0.39, 0.29) is 6.54 Å². The summed E-state index contributed by atoms with van der Waals surface area (Å²) in [6.07, 6.45) is 0. The highest BCUT2D eigenvalue weighted by molar-refractivity contribution is 9.10. The number of halogens is 2. The fourth-order valence-electron chi connectivity index (χ4n) is 1.74. The zero-order valence-electron chi connectivity index (χ0n) is 11.0. The van der Waals surface area contributed by atoms with Gasteiger partial charge in [-0.2, -0.15) is 0 Å². The van der Waals surface area contributed by atoms with Crippen LogP contribution < -0.4 is 9.83 Å². The van der Waals surface area contributed by atoms with Gasteiger partial charge in [-0.05, 0) is 35.4 Å². The number of sulfonamides is 1. The maximum atomic E-state index is 13.7. The zero-order valence-corrected chi connectivity index (χ0v) is 13.4. The highest BCUT2D eigenvalue weighted by Crippen LogP contribution is 2.17. The number of hydrogen-bond acceptors (Lipinski definition) is 4. The Morgan fingerprint density at radius 3 is 2.59 bits per heavy atom. The number of carbonyl (C=O) groups excluding carboxylic acids is 1. The first-order chi connectivity index (χ1) is 10.3. The molecular weight excluding hydrogens is 377 g/mol. The van der Waals surface area contributed by atoms with Crippen molar-refractivity contribution in [3.05, 3.63) is 63.9 Å². The van der Waals surface area contributed by atoms with Crippen LogP contribution in [0.2, 0.25) is 0 Å². The van der Waals surface area contributed by atoms with Crippen LogP contribution in [0.15, 0.2) is 51.8 Å². The SMILES string of the molecule is O=C([O-])c1ccc(F)c(S(=O)(=O)NCc2cccc(Br)c2)c1. The van der Waals surface area contributed by atoms with E-state index in [4.69, 9.17) is 0 Å². The van der Waals surface area contributed by atoms with Crippen LogP contribution in [0.5, 0.6) is 0 Å². The summed E-state index contributed by atoms with van der Waals surface area (Å²) in [6.45, 7) is -0.0588. The Kier molecular flexibility index (Phi) is 4.94. The van der Waals surface area contributed by atoms with Crippen molar-refractivity contribution in [1.29, 1.82) is 0 Å². The van der Waals surface area contributed by atoms with E-state index in [9.17, 15) is 22.7 Å². The number of carbonyl (C=O) groups is 1. The van der Waals surface area contributed by atoms with E-state index in [1.54, 1.807) is 24.3 Å². The van der Waals surface area contributed by atoms with Gasteiger partial charge < -0.3 is 9.90 Å². The average Bonchev–Trinajstić information content (AvgIpc) is 2.45. The van der Waals surface area contributed by atoms with E-state index in [1.807, 2.05) is 0 Å². The van der Waals surface area contributed by atoms with Crippen molar-refractivity contribution in [2.24, 2.45) is 0 Å². The van der Waals surface area contributed by atoms with Crippen molar-refractivity contribution >= 4 is 31.9 Å². The largest absolute Gasteiger partial charge is 0.545 e. The van der Waals surface area contributed by atoms with Gasteiger partial charge in [-0.25, -0.2) is 17.5 Å². The Morgan fingerprint density at radius 1 is 1.23 bits per heavy atom. The summed E-state index contributed by atoms with van der Waals surface area (Å²) < 4.78 is 40.9. The smallest absolute Gasteiger partial charge is 0.243 e. The van der Waals surface area contributed by atoms with Crippen molar-refractivity contribution in [3.63, 3.8) is 0 Å². The van der Waals surface area contributed by atoms with Gasteiger partial charge in [0, 0.05) is 11.0 Å². The van der Waals surface area contributed by atoms with Crippen molar-refractivity contribution < 1.29 is 22.7 Å². The zero-order chi connectivity index (χ0) is 16.3. The van der Waals surface area contributed by atoms with Crippen molar-refractivity contribution in [2.45, 2.75) is 11.4 Å². The number of nitrogens with one attached hydrogen (secondary N) is 1. The molecule has 2 aromatic carbocycles. The van der Waals surface area contributed by atoms with Crippen LogP contribution in [0.1, 0.15) is 15.9 Å². The second-order valence-corrected chi connectivity index (χ2v) is 7.04. The lowest BCUT2D eigenvalue weighted by molar-refractivity contribution is -0.255. The molecule has 0 radical (unpaired) electrons. The molecule has 0 atom stereocenters. The van der Waals surface area contributed by atoms with E-state index >= 15 is 0 Å². The van der Waals surface area contributed by atoms with Gasteiger partial charge in [0.1, 0.15) is 10.7 Å². The number of rotatable bonds is 5. The minimum absolute atomic E-state index is 0.0588. The molecule has 0 bridgehead atoms. The van der Waals surface area contributed by atoms with Crippen molar-refractivity contribution in [3.8, 4) is 0 Å². The molecule has 0 saturated carbocycles. The Labute approximate surface area is 135 Å². The van der Waals surface area contributed by atoms with Gasteiger partial charge in [-0.1, -0.05) is 34.1 Å². The van der Waals surface area contributed by atoms with E-state index in [2.05, 4.69) is 20.7 Å². The lowest BCUT2D eigenvalue weighted by Gasteiger charge is -2.10. The van der Waals surface area contributed by atoms with E-state index in [1.165, 1.54) is 0 Å². The molecular formula is C14H10BrFNO4S-. The summed E-state index contributed by atoms with van der Waals surface area (Å²) in [5.74, 6) is -2.62. The van der Waals surface area contributed by atoms with Crippen molar-refractivity contribution in [1.82, 2.24) is 4.72 Å². The molecule has 2 aromatic rings. The molecule has 22 heavy (non-hydrogen) atoms. The minimum atomic E-state index is -4.19. The van der Waals surface area contributed by atoms with Gasteiger partial charge in [0.05, 0.1) is 5.97 Å². The summed E-state index contributed by atoms with van der Waals surface area (Å²) in [5.41, 5.74) is 0.249. The quantitative estimate of drug-likeness (QED) is 0.841. The number of hydrogen-bond donors (Lipinski definition) is 1. The summed E-state index contributed by atoms with van der Waals surface area (Å²) >= 11 is 3.26. The van der Waals surface area contributed by atoms with Crippen LogP contribution in [0.3, 0.4) is 0 Å². The second kappa shape index (κ2) is 6.55. The molecule has 0 saturated heterocycles. The molecule has 116 valence electrons. The third-order valence-electron chi connectivity index (χ3n) is 2.81. The topological polar surface area (TPSA) is 86.3 Å². The summed E-state index contributed by atoms with van der Waals surface area (Å²) in [5, 5.41) is 10.8. The lowest BCUT2D eigenvalue weighted by atomic mass is 10.2. The van der Waals surface area contributed by atoms with Crippen LogP contribution in [0.25, 0.3) is 0 Å². The molecule has 8 heteroatoms. The Hall–Kier alpha value is -1.77. The summed E-state index contributed by atoms with van der Waals surface area (Å²) in [4.78, 5) is 10.0. The van der Waals surface area contributed by atoms with E-state index in [0.717, 1.165) is 22.7 Å². The molecule has 0 amide bonds. The van der Waals surface area contributed by atoms with E-state index in [0.29, 0.717) is 5.56 Å². The molecule has 5 nitrogen and oxygen atoms in total. The summed E-state index contributed by atoms with van der Waals surface area (Å²) in [6, 6.07) is 9.36. The normalized spacial score (nSPS) is 11.4. The van der Waals surface area contributed by atoms with Gasteiger partial charge in [-0.15, -0.1) is 0 Å². The Morgan fingerprint density at radius 2 is 1.95 bits per heavy atom. The minimum Gasteiger partial charge on any atom is -0.545 e. The predicted octanol–water partition coefficient (Wildman–Crippen LogP) is 1.43. The first-order valence-electron chi connectivity index (χ1n) is 6.04.